The number of nitrogens with one attached hydrogen (secondary N) is 1. The zero-order valence-electron chi connectivity index (χ0n) is 16.4. The number of hydrogen-bond donors (Lipinski definition) is 4. The molecule has 152 valence electrons. The van der Waals surface area contributed by atoms with Crippen molar-refractivity contribution in [2.45, 2.75) is 51.4 Å². The van der Waals surface area contributed by atoms with Crippen molar-refractivity contribution in [3.8, 4) is 6.07 Å². The third-order valence-corrected chi connectivity index (χ3v) is 5.01. The van der Waals surface area contributed by atoms with E-state index in [1.165, 1.54) is 4.90 Å². The van der Waals surface area contributed by atoms with Crippen LogP contribution in [0.5, 0.6) is 0 Å². The summed E-state index contributed by atoms with van der Waals surface area (Å²) in [4.78, 5) is 26.9. The van der Waals surface area contributed by atoms with Crippen molar-refractivity contribution < 1.29 is 19.8 Å². The van der Waals surface area contributed by atoms with Gasteiger partial charge in [0.1, 0.15) is 6.04 Å². The number of carbonyl (C=O) groups excluding carboxylic acids is 2. The number of rotatable bonds is 5. The van der Waals surface area contributed by atoms with Crippen LogP contribution >= 0.6 is 0 Å². The van der Waals surface area contributed by atoms with Crippen LogP contribution in [0.1, 0.15) is 44.4 Å². The van der Waals surface area contributed by atoms with Gasteiger partial charge in [-0.25, -0.2) is 0 Å². The first-order chi connectivity index (χ1) is 13.1. The molecule has 0 bridgehead atoms. The van der Waals surface area contributed by atoms with Gasteiger partial charge in [0.2, 0.25) is 11.8 Å². The fourth-order valence-corrected chi connectivity index (χ4v) is 3.15. The number of carbonyl (C=O) groups is 2. The molecule has 1 heterocycles. The van der Waals surface area contributed by atoms with Crippen LogP contribution in [0.3, 0.4) is 0 Å². The maximum Gasteiger partial charge on any atom is 0.243 e. The molecule has 8 nitrogen and oxygen atoms in total. The molecular weight excluding hydrogens is 360 g/mol. The van der Waals surface area contributed by atoms with Gasteiger partial charge in [-0.3, -0.25) is 9.59 Å². The Labute approximate surface area is 164 Å². The van der Waals surface area contributed by atoms with Gasteiger partial charge in [0.25, 0.3) is 0 Å². The number of nitriles is 1. The number of likely N-dealkylation sites (tertiary alicyclic amines) is 1. The number of nitrogens with two attached hydrogens (primary N) is 1. The van der Waals surface area contributed by atoms with Crippen molar-refractivity contribution in [3.05, 3.63) is 35.4 Å². The van der Waals surface area contributed by atoms with Crippen LogP contribution < -0.4 is 11.1 Å². The van der Waals surface area contributed by atoms with Gasteiger partial charge in [0.15, 0.2) is 0 Å². The van der Waals surface area contributed by atoms with E-state index in [2.05, 4.69) is 5.32 Å². The molecular formula is C20H28N4O4. The van der Waals surface area contributed by atoms with Crippen LogP contribution in [0.15, 0.2) is 24.3 Å². The second-order valence-corrected chi connectivity index (χ2v) is 8.22. The van der Waals surface area contributed by atoms with Crippen LogP contribution in [0, 0.1) is 16.7 Å². The molecule has 2 unspecified atom stereocenters. The highest BCUT2D eigenvalue weighted by Crippen LogP contribution is 2.25. The van der Waals surface area contributed by atoms with Gasteiger partial charge in [-0.05, 0) is 23.1 Å². The van der Waals surface area contributed by atoms with Crippen LogP contribution in [0.4, 0.5) is 0 Å². The standard InChI is InChI=1S/C20H28N4O4/c1-20(2,3)17(22)19(28)24-10-14(26)8-16(24)18(27)23-15(11-25)13-6-4-12(9-21)5-7-13/h4-7,14-17,25-26H,8,10-11,22H2,1-3H3,(H,23,27)/t14-,15?,16+,17?/m1/s1. The molecule has 4 atom stereocenters. The first kappa shape index (κ1) is 21.8. The van der Waals surface area contributed by atoms with E-state index in [0.29, 0.717) is 11.1 Å². The maximum absolute atomic E-state index is 12.8. The Hall–Kier alpha value is -2.47. The van der Waals surface area contributed by atoms with E-state index in [9.17, 15) is 19.8 Å². The Morgan fingerprint density at radius 1 is 1.36 bits per heavy atom. The molecule has 1 saturated heterocycles. The van der Waals surface area contributed by atoms with E-state index in [1.807, 2.05) is 26.8 Å². The van der Waals surface area contributed by atoms with Gasteiger partial charge < -0.3 is 26.2 Å². The lowest BCUT2D eigenvalue weighted by atomic mass is 9.86. The van der Waals surface area contributed by atoms with E-state index in [4.69, 9.17) is 11.0 Å². The number of aliphatic hydroxyl groups excluding tert-OH is 2. The summed E-state index contributed by atoms with van der Waals surface area (Å²) in [7, 11) is 0. The number of β-amino-alcohol motifs (C(OH)–C–C–N with tert-alkyl or cyclic N) is 1. The summed E-state index contributed by atoms with van der Waals surface area (Å²) < 4.78 is 0. The van der Waals surface area contributed by atoms with Crippen molar-refractivity contribution in [1.82, 2.24) is 10.2 Å². The zero-order chi connectivity index (χ0) is 21.1. The Morgan fingerprint density at radius 2 is 1.96 bits per heavy atom. The van der Waals surface area contributed by atoms with E-state index in [0.717, 1.165) is 0 Å². The Bertz CT molecular complexity index is 751. The molecule has 0 spiro atoms. The predicted molar refractivity (Wildman–Crippen MR) is 103 cm³/mol. The molecule has 0 aliphatic carbocycles. The van der Waals surface area contributed by atoms with Crippen molar-refractivity contribution in [3.63, 3.8) is 0 Å². The second-order valence-electron chi connectivity index (χ2n) is 8.22. The molecule has 2 rings (SSSR count). The topological polar surface area (TPSA) is 140 Å². The second kappa shape index (κ2) is 8.69. The normalized spacial score (nSPS) is 21.7. The van der Waals surface area contributed by atoms with Gasteiger partial charge in [0, 0.05) is 13.0 Å². The van der Waals surface area contributed by atoms with Crippen molar-refractivity contribution in [2.24, 2.45) is 11.1 Å². The Balaban J connectivity index is 2.15. The minimum atomic E-state index is -0.858. The van der Waals surface area contributed by atoms with E-state index in [-0.39, 0.29) is 25.5 Å². The lowest BCUT2D eigenvalue weighted by molar-refractivity contribution is -0.141. The van der Waals surface area contributed by atoms with Crippen LogP contribution in [0.25, 0.3) is 0 Å². The monoisotopic (exact) mass is 388 g/mol. The van der Waals surface area contributed by atoms with Crippen LogP contribution in [0.2, 0.25) is 0 Å². The molecule has 1 aliphatic heterocycles. The van der Waals surface area contributed by atoms with Crippen molar-refractivity contribution in [2.75, 3.05) is 13.2 Å². The minimum absolute atomic E-state index is 0.0430. The molecule has 1 aromatic rings. The first-order valence-electron chi connectivity index (χ1n) is 9.24. The highest BCUT2D eigenvalue weighted by Gasteiger charge is 2.43. The van der Waals surface area contributed by atoms with E-state index < -0.39 is 35.6 Å². The molecule has 2 amide bonds. The number of hydrogen-bond acceptors (Lipinski definition) is 6. The van der Waals surface area contributed by atoms with Gasteiger partial charge in [0.05, 0.1) is 36.4 Å². The molecule has 0 aromatic heterocycles. The van der Waals surface area contributed by atoms with Gasteiger partial charge in [-0.15, -0.1) is 0 Å². The molecule has 8 heteroatoms. The molecule has 1 aliphatic rings. The van der Waals surface area contributed by atoms with Crippen LogP contribution in [-0.4, -0.2) is 58.3 Å². The Kier molecular flexibility index (Phi) is 6.77. The van der Waals surface area contributed by atoms with Crippen molar-refractivity contribution >= 4 is 11.8 Å². The SMILES string of the molecule is CC(C)(C)C(N)C(=O)N1C[C@H](O)C[C@H]1C(=O)NC(CO)c1ccc(C#N)cc1. The molecule has 0 saturated carbocycles. The molecule has 1 aromatic carbocycles. The molecule has 1 fully saturated rings. The summed E-state index contributed by atoms with van der Waals surface area (Å²) in [6, 6.07) is 6.16. The first-order valence-corrected chi connectivity index (χ1v) is 9.24. The molecule has 0 radical (unpaired) electrons. The third-order valence-electron chi connectivity index (χ3n) is 5.01. The fourth-order valence-electron chi connectivity index (χ4n) is 3.15. The summed E-state index contributed by atoms with van der Waals surface area (Å²) in [6.45, 7) is 5.21. The highest BCUT2D eigenvalue weighted by molar-refractivity contribution is 5.91. The van der Waals surface area contributed by atoms with Gasteiger partial charge in [-0.1, -0.05) is 32.9 Å². The lowest BCUT2D eigenvalue weighted by Crippen LogP contribution is -2.55. The Morgan fingerprint density at radius 3 is 2.46 bits per heavy atom. The van der Waals surface area contributed by atoms with E-state index in [1.54, 1.807) is 24.3 Å². The third kappa shape index (κ3) is 4.87. The minimum Gasteiger partial charge on any atom is -0.394 e. The number of benzene rings is 1. The quantitative estimate of drug-likeness (QED) is 0.562. The predicted octanol–water partition coefficient (Wildman–Crippen LogP) is 0.0431. The summed E-state index contributed by atoms with van der Waals surface area (Å²) in [5.41, 5.74) is 6.68. The number of aliphatic hydroxyl groups is 2. The average molecular weight is 388 g/mol. The zero-order valence-corrected chi connectivity index (χ0v) is 16.4. The summed E-state index contributed by atoms with van der Waals surface area (Å²) in [5.74, 6) is -0.849. The lowest BCUT2D eigenvalue weighted by Gasteiger charge is -2.33. The van der Waals surface area contributed by atoms with Gasteiger partial charge in [-0.2, -0.15) is 5.26 Å². The number of nitrogens with zero attached hydrogens (tertiary/aromatic N) is 2. The summed E-state index contributed by atoms with van der Waals surface area (Å²) in [5, 5.41) is 31.3. The summed E-state index contributed by atoms with van der Waals surface area (Å²) in [6.07, 6.45) is -0.700. The van der Waals surface area contributed by atoms with E-state index >= 15 is 0 Å². The average Bonchev–Trinajstić information content (AvgIpc) is 3.06. The van der Waals surface area contributed by atoms with Crippen LogP contribution in [-0.2, 0) is 9.59 Å². The smallest absolute Gasteiger partial charge is 0.243 e. The number of amides is 2. The summed E-state index contributed by atoms with van der Waals surface area (Å²) >= 11 is 0. The fraction of sp³-hybridized carbons (Fsp3) is 0.550. The van der Waals surface area contributed by atoms with Gasteiger partial charge >= 0.3 is 0 Å². The molecule has 5 N–H and O–H groups in total. The highest BCUT2D eigenvalue weighted by atomic mass is 16.3. The maximum atomic E-state index is 12.8. The van der Waals surface area contributed by atoms with Crippen molar-refractivity contribution in [1.29, 1.82) is 5.26 Å². The molecule has 28 heavy (non-hydrogen) atoms. The largest absolute Gasteiger partial charge is 0.394 e.